The number of rotatable bonds is 8. The summed E-state index contributed by atoms with van der Waals surface area (Å²) in [5.41, 5.74) is 1.72. The van der Waals surface area contributed by atoms with Gasteiger partial charge in [0.15, 0.2) is 11.0 Å². The number of benzene rings is 1. The highest BCUT2D eigenvalue weighted by Crippen LogP contribution is 2.24. The summed E-state index contributed by atoms with van der Waals surface area (Å²) in [6, 6.07) is 15.3. The third-order valence-corrected chi connectivity index (χ3v) is 5.06. The Bertz CT molecular complexity index is 952. The lowest BCUT2D eigenvalue weighted by Gasteiger charge is -2.21. The van der Waals surface area contributed by atoms with Crippen molar-refractivity contribution in [2.24, 2.45) is 0 Å². The smallest absolute Gasteiger partial charge is 0.237 e. The molecule has 0 aliphatic heterocycles. The molecule has 7 nitrogen and oxygen atoms in total. The van der Waals surface area contributed by atoms with Crippen molar-refractivity contribution in [3.05, 3.63) is 54.9 Å². The number of carbonyl (C=O) groups excluding carboxylic acids is 1. The van der Waals surface area contributed by atoms with Crippen LogP contribution in [-0.4, -0.2) is 38.0 Å². The number of nitrogens with zero attached hydrogens (tertiary/aromatic N) is 6. The van der Waals surface area contributed by atoms with Gasteiger partial charge < -0.3 is 9.47 Å². The van der Waals surface area contributed by atoms with Crippen LogP contribution in [0.5, 0.6) is 0 Å². The first kappa shape index (κ1) is 19.6. The Labute approximate surface area is 168 Å². The molecule has 3 aromatic rings. The second kappa shape index (κ2) is 9.67. The average Bonchev–Trinajstić information content (AvgIpc) is 3.17. The Morgan fingerprint density at radius 3 is 2.61 bits per heavy atom. The van der Waals surface area contributed by atoms with E-state index in [1.54, 1.807) is 17.3 Å². The first-order chi connectivity index (χ1) is 13.7. The molecule has 0 radical (unpaired) electrons. The fourth-order valence-corrected chi connectivity index (χ4v) is 3.65. The fraction of sp³-hybridized carbons (Fsp3) is 0.250. The summed E-state index contributed by atoms with van der Waals surface area (Å²) in [5, 5.41) is 18.1. The van der Waals surface area contributed by atoms with Crippen LogP contribution in [-0.2, 0) is 11.3 Å². The maximum absolute atomic E-state index is 12.8. The predicted molar refractivity (Wildman–Crippen MR) is 109 cm³/mol. The molecule has 0 unspecified atom stereocenters. The summed E-state index contributed by atoms with van der Waals surface area (Å²) in [6.07, 6.45) is 3.71. The lowest BCUT2D eigenvalue weighted by atomic mass is 10.2. The standard InChI is InChI=1S/C20H20N6OS/c1-2-25-19(16-9-12-22-13-10-16)23-24-20(25)28-15-18(27)26(14-6-11-21)17-7-4-3-5-8-17/h3-5,7-10,12-13H,2,6,14-15H2,1H3. The predicted octanol–water partition coefficient (Wildman–Crippen LogP) is 3.40. The van der Waals surface area contributed by atoms with E-state index < -0.39 is 0 Å². The SMILES string of the molecule is CCn1c(SCC(=O)N(CCC#N)c2ccccc2)nnc1-c1ccncc1. The molecule has 2 heterocycles. The number of hydrogen-bond donors (Lipinski definition) is 0. The number of anilines is 1. The van der Waals surface area contributed by atoms with E-state index in [1.165, 1.54) is 11.8 Å². The first-order valence-electron chi connectivity index (χ1n) is 8.93. The third kappa shape index (κ3) is 4.56. The van der Waals surface area contributed by atoms with Crippen LogP contribution in [0.2, 0.25) is 0 Å². The van der Waals surface area contributed by atoms with E-state index in [-0.39, 0.29) is 18.1 Å². The van der Waals surface area contributed by atoms with Crippen LogP contribution in [0.1, 0.15) is 13.3 Å². The number of nitriles is 1. The van der Waals surface area contributed by atoms with Gasteiger partial charge in [-0.3, -0.25) is 9.78 Å². The Kier molecular flexibility index (Phi) is 6.76. The molecule has 0 spiro atoms. The van der Waals surface area contributed by atoms with Crippen molar-refractivity contribution < 1.29 is 4.79 Å². The number of para-hydroxylation sites is 1. The van der Waals surface area contributed by atoms with Gasteiger partial charge in [0.25, 0.3) is 0 Å². The summed E-state index contributed by atoms with van der Waals surface area (Å²) >= 11 is 1.35. The van der Waals surface area contributed by atoms with E-state index in [1.807, 2.05) is 54.0 Å². The van der Waals surface area contributed by atoms with Gasteiger partial charge in [-0.1, -0.05) is 30.0 Å². The molecule has 0 saturated carbocycles. The molecule has 142 valence electrons. The van der Waals surface area contributed by atoms with Crippen molar-refractivity contribution in [1.29, 1.82) is 5.26 Å². The number of carbonyl (C=O) groups is 1. The van der Waals surface area contributed by atoms with Gasteiger partial charge in [0.1, 0.15) is 0 Å². The van der Waals surface area contributed by atoms with Crippen molar-refractivity contribution in [2.75, 3.05) is 17.2 Å². The Hall–Kier alpha value is -3.18. The lowest BCUT2D eigenvalue weighted by molar-refractivity contribution is -0.116. The molecular formula is C20H20N6OS. The van der Waals surface area contributed by atoms with Crippen LogP contribution in [0, 0.1) is 11.3 Å². The molecule has 0 N–H and O–H groups in total. The molecule has 2 aromatic heterocycles. The maximum Gasteiger partial charge on any atom is 0.237 e. The van der Waals surface area contributed by atoms with Gasteiger partial charge in [-0.2, -0.15) is 5.26 Å². The zero-order chi connectivity index (χ0) is 19.8. The average molecular weight is 392 g/mol. The molecule has 0 atom stereocenters. The monoisotopic (exact) mass is 392 g/mol. The Morgan fingerprint density at radius 1 is 1.18 bits per heavy atom. The van der Waals surface area contributed by atoms with Crippen molar-refractivity contribution in [2.45, 2.75) is 25.0 Å². The molecule has 0 bridgehead atoms. The quantitative estimate of drug-likeness (QED) is 0.546. The topological polar surface area (TPSA) is 87.7 Å². The number of aromatic nitrogens is 4. The molecular weight excluding hydrogens is 372 g/mol. The van der Waals surface area contributed by atoms with Crippen LogP contribution in [0.25, 0.3) is 11.4 Å². The fourth-order valence-electron chi connectivity index (χ4n) is 2.77. The molecule has 1 amide bonds. The highest BCUT2D eigenvalue weighted by Gasteiger charge is 2.19. The molecule has 1 aromatic carbocycles. The minimum atomic E-state index is -0.0671. The zero-order valence-corrected chi connectivity index (χ0v) is 16.3. The van der Waals surface area contributed by atoms with Gasteiger partial charge in [0.05, 0.1) is 18.2 Å². The third-order valence-electron chi connectivity index (χ3n) is 4.11. The second-order valence-corrected chi connectivity index (χ2v) is 6.81. The van der Waals surface area contributed by atoms with Crippen molar-refractivity contribution in [3.63, 3.8) is 0 Å². The molecule has 0 aliphatic rings. The number of thioether (sulfide) groups is 1. The highest BCUT2D eigenvalue weighted by molar-refractivity contribution is 7.99. The molecule has 8 heteroatoms. The first-order valence-corrected chi connectivity index (χ1v) is 9.92. The van der Waals surface area contributed by atoms with E-state index >= 15 is 0 Å². The van der Waals surface area contributed by atoms with Crippen molar-refractivity contribution >= 4 is 23.4 Å². The van der Waals surface area contributed by atoms with E-state index in [4.69, 9.17) is 5.26 Å². The second-order valence-electron chi connectivity index (χ2n) is 5.86. The Balaban J connectivity index is 1.74. The summed E-state index contributed by atoms with van der Waals surface area (Å²) < 4.78 is 1.98. The number of hydrogen-bond acceptors (Lipinski definition) is 6. The van der Waals surface area contributed by atoms with E-state index in [0.717, 1.165) is 17.1 Å². The minimum Gasteiger partial charge on any atom is -0.311 e. The normalized spacial score (nSPS) is 10.4. The molecule has 28 heavy (non-hydrogen) atoms. The van der Waals surface area contributed by atoms with Gasteiger partial charge in [-0.25, -0.2) is 0 Å². The lowest BCUT2D eigenvalue weighted by Crippen LogP contribution is -2.33. The van der Waals surface area contributed by atoms with Gasteiger partial charge in [-0.05, 0) is 31.2 Å². The Morgan fingerprint density at radius 2 is 1.93 bits per heavy atom. The molecule has 0 fully saturated rings. The van der Waals surface area contributed by atoms with Crippen LogP contribution in [0.3, 0.4) is 0 Å². The van der Waals surface area contributed by atoms with Crippen LogP contribution < -0.4 is 4.90 Å². The number of amides is 1. The van der Waals surface area contributed by atoms with Crippen molar-refractivity contribution in [1.82, 2.24) is 19.7 Å². The maximum atomic E-state index is 12.8. The van der Waals surface area contributed by atoms with E-state index in [9.17, 15) is 4.79 Å². The van der Waals surface area contributed by atoms with Crippen LogP contribution in [0.15, 0.2) is 60.0 Å². The largest absolute Gasteiger partial charge is 0.311 e. The van der Waals surface area contributed by atoms with Gasteiger partial charge in [-0.15, -0.1) is 10.2 Å². The summed E-state index contributed by atoms with van der Waals surface area (Å²) in [6.45, 7) is 3.07. The van der Waals surface area contributed by atoms with Crippen LogP contribution in [0.4, 0.5) is 5.69 Å². The summed E-state index contributed by atoms with van der Waals surface area (Å²) in [4.78, 5) is 18.5. The van der Waals surface area contributed by atoms with Gasteiger partial charge >= 0.3 is 0 Å². The molecule has 3 rings (SSSR count). The summed E-state index contributed by atoms with van der Waals surface area (Å²) in [5.74, 6) is 0.904. The van der Waals surface area contributed by atoms with E-state index in [0.29, 0.717) is 18.2 Å². The van der Waals surface area contributed by atoms with Gasteiger partial charge in [0, 0.05) is 36.7 Å². The van der Waals surface area contributed by atoms with Gasteiger partial charge in [0.2, 0.25) is 5.91 Å². The van der Waals surface area contributed by atoms with Crippen molar-refractivity contribution in [3.8, 4) is 17.5 Å². The highest BCUT2D eigenvalue weighted by atomic mass is 32.2. The minimum absolute atomic E-state index is 0.0671. The number of pyridine rings is 1. The summed E-state index contributed by atoms with van der Waals surface area (Å²) in [7, 11) is 0. The zero-order valence-electron chi connectivity index (χ0n) is 15.5. The van der Waals surface area contributed by atoms with E-state index in [2.05, 4.69) is 21.3 Å². The molecule has 0 saturated heterocycles. The molecule has 0 aliphatic carbocycles. The van der Waals surface area contributed by atoms with Crippen LogP contribution >= 0.6 is 11.8 Å².